The molecule has 0 spiro atoms. The van der Waals surface area contributed by atoms with Gasteiger partial charge in [0, 0.05) is 0 Å². The smallest absolute Gasteiger partial charge is 1.00 e. The Hall–Kier alpha value is -0.180. The van der Waals surface area contributed by atoms with E-state index in [1.54, 1.807) is 0 Å². The molecule has 0 amide bonds. The maximum absolute atomic E-state index is 6.02. The topological polar surface area (TPSA) is 9.23 Å². The van der Waals surface area contributed by atoms with Crippen molar-refractivity contribution in [2.24, 2.45) is 0 Å². The molecule has 0 aliphatic heterocycles. The summed E-state index contributed by atoms with van der Waals surface area (Å²) in [6.45, 7) is 9.77. The van der Waals surface area contributed by atoms with E-state index in [-0.39, 0.29) is 24.8 Å². The van der Waals surface area contributed by atoms with Crippen LogP contribution in [-0.4, -0.2) is 14.9 Å². The van der Waals surface area contributed by atoms with Gasteiger partial charge in [0.15, 0.2) is 0 Å². The number of allylic oxidation sites excluding steroid dienone is 6. The number of fused-ring (bicyclic) bond motifs is 1. The van der Waals surface area contributed by atoms with Crippen molar-refractivity contribution in [3.05, 3.63) is 70.3 Å². The van der Waals surface area contributed by atoms with Crippen molar-refractivity contribution < 1.29 is 54.0 Å². The fraction of sp³-hybridized carbons (Fsp3) is 0.333. The molecular weight excluding hydrogens is 458 g/mol. The van der Waals surface area contributed by atoms with Crippen LogP contribution < -0.4 is 24.8 Å². The Labute approximate surface area is 186 Å². The molecule has 1 nitrogen and oxygen atoms in total. The summed E-state index contributed by atoms with van der Waals surface area (Å²) in [6, 6.07) is 8.82. The molecule has 1 aromatic rings. The Morgan fingerprint density at radius 2 is 1.77 bits per heavy atom. The Balaban J connectivity index is 0.00000169. The third kappa shape index (κ3) is 5.20. The summed E-state index contributed by atoms with van der Waals surface area (Å²) in [7, 11) is -1.41. The maximum atomic E-state index is 6.02. The van der Waals surface area contributed by atoms with Crippen molar-refractivity contribution in [1.82, 2.24) is 0 Å². The van der Waals surface area contributed by atoms with E-state index in [2.05, 4.69) is 69.1 Å². The zero-order valence-electron chi connectivity index (χ0n) is 15.8. The number of hydrogen-bond donors (Lipinski definition) is 0. The molecular formula is C21H25Cl2OSiZr. The summed E-state index contributed by atoms with van der Waals surface area (Å²) in [4.78, 5) is 0. The zero-order chi connectivity index (χ0) is 17.3. The van der Waals surface area contributed by atoms with Crippen molar-refractivity contribution in [3.63, 3.8) is 0 Å². The molecule has 0 fully saturated rings. The van der Waals surface area contributed by atoms with Crippen LogP contribution in [0.25, 0.3) is 8.85 Å². The Kier molecular flexibility index (Phi) is 9.03. The molecule has 0 N–H and O–H groups in total. The molecule has 0 atom stereocenters. The first-order valence-corrected chi connectivity index (χ1v) is 13.3. The van der Waals surface area contributed by atoms with Gasteiger partial charge in [-0.2, -0.15) is 0 Å². The van der Waals surface area contributed by atoms with Gasteiger partial charge in [-0.15, -0.1) is 0 Å². The van der Waals surface area contributed by atoms with Gasteiger partial charge in [0.1, 0.15) is 0 Å². The van der Waals surface area contributed by atoms with E-state index >= 15 is 0 Å². The van der Waals surface area contributed by atoms with Gasteiger partial charge in [-0.05, 0) is 0 Å². The van der Waals surface area contributed by atoms with E-state index in [9.17, 15) is 0 Å². The molecule has 0 heterocycles. The fourth-order valence-corrected chi connectivity index (χ4v) is 5.36. The van der Waals surface area contributed by atoms with Crippen LogP contribution in [0.4, 0.5) is 0 Å². The molecule has 1 aromatic carbocycles. The molecule has 0 saturated carbocycles. The van der Waals surface area contributed by atoms with Gasteiger partial charge in [0.05, 0.1) is 0 Å². The summed E-state index contributed by atoms with van der Waals surface area (Å²) in [5.41, 5.74) is 8.64. The Morgan fingerprint density at radius 1 is 1.12 bits per heavy atom. The second-order valence-electron chi connectivity index (χ2n) is 7.36. The molecule has 0 saturated heterocycles. The minimum Gasteiger partial charge on any atom is -1.00 e. The predicted octanol–water partition coefficient (Wildman–Crippen LogP) is -0.132. The zero-order valence-corrected chi connectivity index (χ0v) is 20.8. The number of benzene rings is 1. The molecule has 137 valence electrons. The molecule has 26 heavy (non-hydrogen) atoms. The SMILES string of the molecule is CC=C1C(C2=CC(CCO[Si](C)(C)C)=CC2)=[C]([Zr+2])c2ccccc21.[Cl-].[Cl-]. The van der Waals surface area contributed by atoms with E-state index < -0.39 is 8.32 Å². The van der Waals surface area contributed by atoms with Crippen molar-refractivity contribution in [1.29, 1.82) is 0 Å². The summed E-state index contributed by atoms with van der Waals surface area (Å²) >= 11 is 1.50. The largest absolute Gasteiger partial charge is 1.00 e. The summed E-state index contributed by atoms with van der Waals surface area (Å²) < 4.78 is 7.52. The number of hydrogen-bond acceptors (Lipinski definition) is 1. The van der Waals surface area contributed by atoms with Crippen molar-refractivity contribution in [2.75, 3.05) is 6.61 Å². The van der Waals surface area contributed by atoms with Crippen molar-refractivity contribution in [3.8, 4) is 0 Å². The number of halogens is 2. The van der Waals surface area contributed by atoms with Crippen LogP contribution in [0.1, 0.15) is 30.9 Å². The van der Waals surface area contributed by atoms with Crippen molar-refractivity contribution in [2.45, 2.75) is 39.4 Å². The predicted molar refractivity (Wildman–Crippen MR) is 102 cm³/mol. The molecule has 0 radical (unpaired) electrons. The van der Waals surface area contributed by atoms with Gasteiger partial charge in [0.25, 0.3) is 0 Å². The van der Waals surface area contributed by atoms with E-state index in [1.807, 2.05) is 0 Å². The minimum atomic E-state index is -1.41. The molecule has 0 unspecified atom stereocenters. The average molecular weight is 484 g/mol. The van der Waals surface area contributed by atoms with Crippen LogP contribution in [0.5, 0.6) is 0 Å². The number of rotatable bonds is 5. The Morgan fingerprint density at radius 3 is 2.38 bits per heavy atom. The van der Waals surface area contributed by atoms with E-state index in [1.165, 1.54) is 61.4 Å². The summed E-state index contributed by atoms with van der Waals surface area (Å²) in [5.74, 6) is 0. The van der Waals surface area contributed by atoms with Crippen LogP contribution in [-0.2, 0) is 29.1 Å². The fourth-order valence-electron chi connectivity index (χ4n) is 3.38. The van der Waals surface area contributed by atoms with Gasteiger partial charge in [-0.3, -0.25) is 0 Å². The summed E-state index contributed by atoms with van der Waals surface area (Å²) in [5, 5.41) is 0. The molecule has 5 heteroatoms. The van der Waals surface area contributed by atoms with Crippen LogP contribution in [0.15, 0.2) is 59.2 Å². The second-order valence-corrected chi connectivity index (χ2v) is 13.1. The Bertz CT molecular complexity index is 785. The third-order valence-corrected chi connectivity index (χ3v) is 6.83. The van der Waals surface area contributed by atoms with E-state index in [0.717, 1.165) is 19.4 Å². The molecule has 3 rings (SSSR count). The molecule has 0 aromatic heterocycles. The van der Waals surface area contributed by atoms with E-state index in [0.29, 0.717) is 0 Å². The van der Waals surface area contributed by atoms with Gasteiger partial charge in [0.2, 0.25) is 0 Å². The van der Waals surface area contributed by atoms with Crippen molar-refractivity contribution >= 4 is 17.2 Å². The summed E-state index contributed by atoms with van der Waals surface area (Å²) in [6.07, 6.45) is 9.16. The maximum Gasteiger partial charge on any atom is -1.00 e. The minimum absolute atomic E-state index is 0. The first-order valence-electron chi connectivity index (χ1n) is 8.67. The van der Waals surface area contributed by atoms with E-state index in [4.69, 9.17) is 4.43 Å². The normalized spacial score (nSPS) is 17.5. The quantitative estimate of drug-likeness (QED) is 0.531. The van der Waals surface area contributed by atoms with Gasteiger partial charge < -0.3 is 24.8 Å². The second kappa shape index (κ2) is 9.85. The van der Waals surface area contributed by atoms with Crippen LogP contribution in [0.3, 0.4) is 0 Å². The van der Waals surface area contributed by atoms with Gasteiger partial charge >= 0.3 is 163 Å². The van der Waals surface area contributed by atoms with Gasteiger partial charge in [-0.1, -0.05) is 0 Å². The molecule has 2 aliphatic rings. The third-order valence-electron chi connectivity index (χ3n) is 4.49. The van der Waals surface area contributed by atoms with Crippen LogP contribution >= 0.6 is 0 Å². The monoisotopic (exact) mass is 481 g/mol. The first kappa shape index (κ1) is 23.9. The standard InChI is InChI=1S/C21H25OSi.2ClH.Zr/c1-5-19-20-9-7-6-8-17(20)15-21(19)18-11-10-16(14-18)12-13-22-23(2,3)4;;;/h5-10,14H,11-13H2,1-4H3;2*1H;/q;;;+2/p-2. The average Bonchev–Trinajstić information content (AvgIpc) is 3.09. The molecule has 0 bridgehead atoms. The van der Waals surface area contributed by atoms with Crippen LogP contribution in [0.2, 0.25) is 19.6 Å². The van der Waals surface area contributed by atoms with Gasteiger partial charge in [-0.25, -0.2) is 0 Å². The van der Waals surface area contributed by atoms with Crippen LogP contribution in [0, 0.1) is 0 Å². The molecule has 2 aliphatic carbocycles. The first-order chi connectivity index (χ1) is 11.4.